The first-order valence-corrected chi connectivity index (χ1v) is 9.42. The molecule has 0 spiro atoms. The van der Waals surface area contributed by atoms with E-state index in [1.165, 1.54) is 18.7 Å². The Labute approximate surface area is 161 Å². The summed E-state index contributed by atoms with van der Waals surface area (Å²) in [6, 6.07) is 13.5. The van der Waals surface area contributed by atoms with Crippen LogP contribution in [-0.2, 0) is 9.59 Å². The Morgan fingerprint density at radius 3 is 2.77 bits per heavy atom. The average molecular weight is 386 g/mol. The fourth-order valence-corrected chi connectivity index (χ4v) is 3.80. The molecule has 0 unspecified atom stereocenters. The van der Waals surface area contributed by atoms with E-state index in [2.05, 4.69) is 5.32 Å². The van der Waals surface area contributed by atoms with Crippen LogP contribution in [0.1, 0.15) is 19.1 Å². The maximum absolute atomic E-state index is 12.5. The van der Waals surface area contributed by atoms with Crippen LogP contribution in [0, 0.1) is 0 Å². The first-order valence-electron chi connectivity index (χ1n) is 8.19. The largest absolute Gasteiger partial charge is 0.457 e. The molecule has 7 heteroatoms. The van der Waals surface area contributed by atoms with Crippen molar-refractivity contribution >= 4 is 46.2 Å². The summed E-state index contributed by atoms with van der Waals surface area (Å²) in [5.74, 6) is 1.16. The Morgan fingerprint density at radius 2 is 2.04 bits per heavy atom. The summed E-state index contributed by atoms with van der Waals surface area (Å²) in [4.78, 5) is 25.5. The molecule has 2 aromatic rings. The number of furan rings is 1. The molecule has 0 saturated carbocycles. The van der Waals surface area contributed by atoms with Crippen LogP contribution in [0.4, 0.5) is 0 Å². The predicted molar refractivity (Wildman–Crippen MR) is 107 cm³/mol. The number of carbonyl (C=O) groups excluding carboxylic acids is 2. The summed E-state index contributed by atoms with van der Waals surface area (Å²) in [6.07, 6.45) is 2.37. The number of nitrogens with one attached hydrogen (secondary N) is 1. The fourth-order valence-electron chi connectivity index (χ4n) is 2.51. The Hall–Kier alpha value is -2.38. The highest BCUT2D eigenvalue weighted by molar-refractivity contribution is 8.26. The van der Waals surface area contributed by atoms with Crippen molar-refractivity contribution in [3.8, 4) is 11.3 Å². The molecule has 3 rings (SSSR count). The summed E-state index contributed by atoms with van der Waals surface area (Å²) < 4.78 is 6.35. The smallest absolute Gasteiger partial charge is 0.266 e. The quantitative estimate of drug-likeness (QED) is 0.466. The molecule has 0 radical (unpaired) electrons. The molecule has 1 aromatic heterocycles. The monoisotopic (exact) mass is 386 g/mol. The molecular weight excluding hydrogens is 368 g/mol. The van der Waals surface area contributed by atoms with E-state index in [1.807, 2.05) is 42.5 Å². The second kappa shape index (κ2) is 8.33. The summed E-state index contributed by atoms with van der Waals surface area (Å²) in [5, 5.41) is 2.71. The first-order chi connectivity index (χ1) is 12.5. The summed E-state index contributed by atoms with van der Waals surface area (Å²) in [5.41, 5.74) is 0.984. The number of hydrogen-bond acceptors (Lipinski definition) is 5. The van der Waals surface area contributed by atoms with Crippen molar-refractivity contribution in [2.45, 2.75) is 13.3 Å². The van der Waals surface area contributed by atoms with Crippen molar-refractivity contribution in [1.29, 1.82) is 0 Å². The van der Waals surface area contributed by atoms with Gasteiger partial charge in [-0.25, -0.2) is 0 Å². The third kappa shape index (κ3) is 4.42. The summed E-state index contributed by atoms with van der Waals surface area (Å²) >= 11 is 6.57. The highest BCUT2D eigenvalue weighted by Crippen LogP contribution is 2.33. The van der Waals surface area contributed by atoms with Gasteiger partial charge in [-0.05, 0) is 18.6 Å². The van der Waals surface area contributed by atoms with Crippen molar-refractivity contribution in [2.75, 3.05) is 13.1 Å². The van der Waals surface area contributed by atoms with Crippen LogP contribution in [0.5, 0.6) is 0 Å². The van der Waals surface area contributed by atoms with E-state index in [0.29, 0.717) is 34.5 Å². The molecule has 0 aliphatic carbocycles. The van der Waals surface area contributed by atoms with Gasteiger partial charge in [0, 0.05) is 31.7 Å². The van der Waals surface area contributed by atoms with Crippen LogP contribution in [0.25, 0.3) is 17.4 Å². The number of benzene rings is 1. The molecule has 1 fully saturated rings. The van der Waals surface area contributed by atoms with Crippen molar-refractivity contribution < 1.29 is 14.0 Å². The van der Waals surface area contributed by atoms with Gasteiger partial charge in [-0.1, -0.05) is 54.3 Å². The predicted octanol–water partition coefficient (Wildman–Crippen LogP) is 3.67. The Kier molecular flexibility index (Phi) is 5.90. The van der Waals surface area contributed by atoms with Crippen LogP contribution in [-0.4, -0.2) is 34.1 Å². The third-order valence-electron chi connectivity index (χ3n) is 3.76. The zero-order chi connectivity index (χ0) is 18.5. The van der Waals surface area contributed by atoms with Crippen molar-refractivity contribution in [3.05, 3.63) is 53.1 Å². The summed E-state index contributed by atoms with van der Waals surface area (Å²) in [6.45, 7) is 2.47. The van der Waals surface area contributed by atoms with E-state index >= 15 is 0 Å². The number of carbonyl (C=O) groups is 2. The third-order valence-corrected chi connectivity index (χ3v) is 5.14. The lowest BCUT2D eigenvalue weighted by molar-refractivity contribution is -0.122. The lowest BCUT2D eigenvalue weighted by Gasteiger charge is -2.14. The molecule has 0 atom stereocenters. The van der Waals surface area contributed by atoms with E-state index in [-0.39, 0.29) is 11.8 Å². The maximum Gasteiger partial charge on any atom is 0.266 e. The van der Waals surface area contributed by atoms with E-state index in [0.717, 1.165) is 11.3 Å². The molecule has 1 aliphatic heterocycles. The zero-order valence-electron chi connectivity index (χ0n) is 14.2. The number of amides is 2. The molecular formula is C19H18N2O3S2. The topological polar surface area (TPSA) is 62.6 Å². The highest BCUT2D eigenvalue weighted by Gasteiger charge is 2.31. The minimum atomic E-state index is -0.125. The number of rotatable bonds is 6. The van der Waals surface area contributed by atoms with Gasteiger partial charge in [-0.3, -0.25) is 14.5 Å². The normalized spacial score (nSPS) is 15.7. The van der Waals surface area contributed by atoms with Crippen LogP contribution in [0.3, 0.4) is 0 Å². The minimum absolute atomic E-state index is 0.0812. The second-order valence-corrected chi connectivity index (χ2v) is 7.41. The van der Waals surface area contributed by atoms with Gasteiger partial charge >= 0.3 is 0 Å². The van der Waals surface area contributed by atoms with Gasteiger partial charge in [0.2, 0.25) is 5.91 Å². The van der Waals surface area contributed by atoms with E-state index < -0.39 is 0 Å². The fraction of sp³-hybridized carbons (Fsp3) is 0.211. The number of nitrogens with zero attached hydrogens (tertiary/aromatic N) is 1. The van der Waals surface area contributed by atoms with E-state index in [1.54, 1.807) is 11.0 Å². The minimum Gasteiger partial charge on any atom is -0.457 e. The zero-order valence-corrected chi connectivity index (χ0v) is 15.9. The second-order valence-electron chi connectivity index (χ2n) is 5.74. The highest BCUT2D eigenvalue weighted by atomic mass is 32.2. The SMILES string of the molecule is CC(=O)NCCCN1C(=O)/C(=C/c2ccc(-c3ccccc3)o2)SC1=S. The average Bonchev–Trinajstić information content (AvgIpc) is 3.19. The van der Waals surface area contributed by atoms with Gasteiger partial charge in [0.15, 0.2) is 0 Å². The number of thiocarbonyl (C=S) groups is 1. The van der Waals surface area contributed by atoms with Gasteiger partial charge in [-0.15, -0.1) is 0 Å². The van der Waals surface area contributed by atoms with Crippen LogP contribution in [0.15, 0.2) is 51.8 Å². The van der Waals surface area contributed by atoms with Crippen molar-refractivity contribution in [1.82, 2.24) is 10.2 Å². The standard InChI is InChI=1S/C19H18N2O3S2/c1-13(22)20-10-5-11-21-18(23)17(26-19(21)25)12-15-8-9-16(24-15)14-6-3-2-4-7-14/h2-4,6-9,12H,5,10-11H2,1H3,(H,20,22)/b17-12-. The van der Waals surface area contributed by atoms with Gasteiger partial charge in [-0.2, -0.15) is 0 Å². The van der Waals surface area contributed by atoms with E-state index in [9.17, 15) is 9.59 Å². The lowest BCUT2D eigenvalue weighted by Crippen LogP contribution is -2.31. The number of thioether (sulfide) groups is 1. The molecule has 1 aromatic carbocycles. The Bertz CT molecular complexity index is 859. The van der Waals surface area contributed by atoms with Crippen molar-refractivity contribution in [3.63, 3.8) is 0 Å². The molecule has 134 valence electrons. The van der Waals surface area contributed by atoms with Crippen LogP contribution in [0.2, 0.25) is 0 Å². The molecule has 2 heterocycles. The molecule has 1 aliphatic rings. The molecule has 1 saturated heterocycles. The van der Waals surface area contributed by atoms with E-state index in [4.69, 9.17) is 16.6 Å². The Morgan fingerprint density at radius 1 is 1.27 bits per heavy atom. The van der Waals surface area contributed by atoms with Gasteiger partial charge in [0.05, 0.1) is 4.91 Å². The van der Waals surface area contributed by atoms with Gasteiger partial charge in [0.25, 0.3) is 5.91 Å². The van der Waals surface area contributed by atoms with Gasteiger partial charge in [0.1, 0.15) is 15.8 Å². The van der Waals surface area contributed by atoms with Crippen molar-refractivity contribution in [2.24, 2.45) is 0 Å². The van der Waals surface area contributed by atoms with Crippen LogP contribution >= 0.6 is 24.0 Å². The molecule has 2 amide bonds. The maximum atomic E-state index is 12.5. The molecule has 26 heavy (non-hydrogen) atoms. The first kappa shape index (κ1) is 18.4. The number of hydrogen-bond donors (Lipinski definition) is 1. The summed E-state index contributed by atoms with van der Waals surface area (Å²) in [7, 11) is 0. The van der Waals surface area contributed by atoms with Crippen LogP contribution < -0.4 is 5.32 Å². The Balaban J connectivity index is 1.66. The molecule has 5 nitrogen and oxygen atoms in total. The molecule has 1 N–H and O–H groups in total. The lowest BCUT2D eigenvalue weighted by atomic mass is 10.2. The van der Waals surface area contributed by atoms with Gasteiger partial charge < -0.3 is 9.73 Å². The molecule has 0 bridgehead atoms.